The van der Waals surface area contributed by atoms with Crippen molar-refractivity contribution < 1.29 is 37.5 Å². The average molecular weight is 842 g/mol. The van der Waals surface area contributed by atoms with Gasteiger partial charge in [-0.15, -0.1) is 0 Å². The number of nitrogens with one attached hydrogen (secondary N) is 3. The van der Waals surface area contributed by atoms with E-state index in [0.29, 0.717) is 61.1 Å². The van der Waals surface area contributed by atoms with Crippen molar-refractivity contribution in [1.29, 1.82) is 0 Å². The SMILES string of the molecule is CN(CC1CCC(n2cc(C(=O)Nc3cnn4ccc(N5CCOCC5)nc34)c(C(F)F)n2)CC1)C1CCC(Nc2cccc3c2C(=O)N(C2CCC(=O)NC2=O)C3=O)CC1. The standard InChI is InChI=1S/C42H49F2N11O6/c1-51(26-11-7-25(8-12-26)46-30-4-2-3-28-35(30)42(60)55(41(28)59)32-13-14-34(56)49-40(32)58)22-24-5-9-27(10-6-24)54-23-29(36(50-54)37(43)44)39(57)47-31-21-45-53-16-15-33(48-38(31)53)52-17-19-61-20-18-52/h2-4,15-16,21,23-27,32,37,46H,5-14,17-20,22H2,1H3,(H,47,57)(H,49,56,58). The Morgan fingerprint density at radius 2 is 1.74 bits per heavy atom. The number of morpholine rings is 1. The lowest BCUT2D eigenvalue weighted by molar-refractivity contribution is -0.136. The van der Waals surface area contributed by atoms with E-state index in [1.165, 1.54) is 16.9 Å². The molecule has 0 bridgehead atoms. The van der Waals surface area contributed by atoms with Crippen LogP contribution in [0.3, 0.4) is 0 Å². The highest BCUT2D eigenvalue weighted by atomic mass is 19.3. The summed E-state index contributed by atoms with van der Waals surface area (Å²) < 4.78 is 37.1. The molecule has 1 unspecified atom stereocenters. The Kier molecular flexibility index (Phi) is 11.3. The number of alkyl halides is 2. The molecule has 3 N–H and O–H groups in total. The smallest absolute Gasteiger partial charge is 0.282 e. The van der Waals surface area contributed by atoms with Crippen LogP contribution in [0.4, 0.5) is 26.0 Å². The topological polar surface area (TPSA) is 188 Å². The third-order valence-corrected chi connectivity index (χ3v) is 13.0. The molecule has 5 amide bonds. The maximum atomic E-state index is 14.3. The first kappa shape index (κ1) is 40.6. The zero-order valence-corrected chi connectivity index (χ0v) is 33.9. The Labute approximate surface area is 350 Å². The van der Waals surface area contributed by atoms with E-state index in [4.69, 9.17) is 9.72 Å². The number of benzene rings is 1. The normalized spacial score (nSPS) is 24.8. The molecule has 2 saturated heterocycles. The van der Waals surface area contributed by atoms with Crippen LogP contribution >= 0.6 is 0 Å². The van der Waals surface area contributed by atoms with Crippen molar-refractivity contribution in [1.82, 2.24) is 39.5 Å². The minimum absolute atomic E-state index is 0.0641. The molecule has 19 heteroatoms. The Bertz CT molecular complexity index is 2350. The third-order valence-electron chi connectivity index (χ3n) is 13.0. The van der Waals surface area contributed by atoms with Crippen LogP contribution in [0.15, 0.2) is 42.9 Å². The van der Waals surface area contributed by atoms with E-state index in [9.17, 15) is 32.8 Å². The number of halogens is 2. The molecule has 2 aliphatic carbocycles. The summed E-state index contributed by atoms with van der Waals surface area (Å²) in [6.07, 6.45) is 8.85. The molecule has 5 aliphatic rings. The van der Waals surface area contributed by atoms with Crippen molar-refractivity contribution >= 4 is 52.4 Å². The number of carbonyl (C=O) groups excluding carboxylic acids is 5. The number of amides is 5. The molecule has 9 rings (SSSR count). The van der Waals surface area contributed by atoms with E-state index in [-0.39, 0.29) is 41.6 Å². The first-order valence-electron chi connectivity index (χ1n) is 21.2. The average Bonchev–Trinajstić information content (AvgIpc) is 3.96. The van der Waals surface area contributed by atoms with E-state index >= 15 is 0 Å². The van der Waals surface area contributed by atoms with E-state index in [1.54, 1.807) is 29.1 Å². The van der Waals surface area contributed by atoms with Gasteiger partial charge in [-0.05, 0) is 89.0 Å². The largest absolute Gasteiger partial charge is 0.382 e. The summed E-state index contributed by atoms with van der Waals surface area (Å²) in [7, 11) is 2.15. The molecular formula is C42H49F2N11O6. The molecule has 1 aromatic carbocycles. The predicted octanol–water partition coefficient (Wildman–Crippen LogP) is 4.44. The summed E-state index contributed by atoms with van der Waals surface area (Å²) in [6.45, 7) is 3.45. The molecule has 322 valence electrons. The maximum absolute atomic E-state index is 14.3. The van der Waals surface area contributed by atoms with E-state index in [2.05, 4.69) is 43.0 Å². The van der Waals surface area contributed by atoms with Crippen molar-refractivity contribution in [2.24, 2.45) is 5.92 Å². The van der Waals surface area contributed by atoms with Crippen molar-refractivity contribution in [2.75, 3.05) is 55.4 Å². The zero-order chi connectivity index (χ0) is 42.4. The van der Waals surface area contributed by atoms with Gasteiger partial charge in [-0.1, -0.05) is 6.07 Å². The second kappa shape index (κ2) is 16.9. The van der Waals surface area contributed by atoms with E-state index in [1.807, 2.05) is 6.07 Å². The molecule has 2 saturated carbocycles. The van der Waals surface area contributed by atoms with Crippen LogP contribution in [0.5, 0.6) is 0 Å². The van der Waals surface area contributed by atoms with Gasteiger partial charge in [0.05, 0.1) is 42.1 Å². The number of anilines is 3. The fourth-order valence-corrected chi connectivity index (χ4v) is 9.70. The molecule has 3 aliphatic heterocycles. The third kappa shape index (κ3) is 8.07. The van der Waals surface area contributed by atoms with Gasteiger partial charge >= 0.3 is 0 Å². The molecular weight excluding hydrogens is 793 g/mol. The van der Waals surface area contributed by atoms with Crippen LogP contribution in [0, 0.1) is 5.92 Å². The number of hydrogen-bond donors (Lipinski definition) is 3. The van der Waals surface area contributed by atoms with Crippen LogP contribution in [0.2, 0.25) is 0 Å². The van der Waals surface area contributed by atoms with Gasteiger partial charge in [-0.3, -0.25) is 38.9 Å². The van der Waals surface area contributed by atoms with Gasteiger partial charge in [-0.25, -0.2) is 18.3 Å². The van der Waals surface area contributed by atoms with Crippen LogP contribution < -0.4 is 20.9 Å². The molecule has 6 heterocycles. The monoisotopic (exact) mass is 841 g/mol. The van der Waals surface area contributed by atoms with Crippen molar-refractivity contribution in [3.63, 3.8) is 0 Å². The number of imide groups is 2. The summed E-state index contributed by atoms with van der Waals surface area (Å²) in [5.74, 6) is -1.64. The van der Waals surface area contributed by atoms with Gasteiger partial charge in [0.2, 0.25) is 11.8 Å². The Morgan fingerprint density at radius 3 is 2.48 bits per heavy atom. The lowest BCUT2D eigenvalue weighted by Gasteiger charge is -2.38. The highest BCUT2D eigenvalue weighted by molar-refractivity contribution is 6.25. The van der Waals surface area contributed by atoms with Crippen LogP contribution in [-0.4, -0.2) is 122 Å². The number of piperidine rings is 1. The predicted molar refractivity (Wildman–Crippen MR) is 218 cm³/mol. The molecule has 17 nitrogen and oxygen atoms in total. The van der Waals surface area contributed by atoms with Crippen LogP contribution in [0.25, 0.3) is 5.65 Å². The second-order valence-corrected chi connectivity index (χ2v) is 16.8. The summed E-state index contributed by atoms with van der Waals surface area (Å²) in [5.41, 5.74) is 1.11. The van der Waals surface area contributed by atoms with Crippen molar-refractivity contribution in [2.45, 2.75) is 94.8 Å². The summed E-state index contributed by atoms with van der Waals surface area (Å²) in [6, 6.07) is 6.32. The van der Waals surface area contributed by atoms with Crippen molar-refractivity contribution in [3.05, 3.63) is 65.2 Å². The van der Waals surface area contributed by atoms with Gasteiger partial charge in [0.1, 0.15) is 23.2 Å². The molecule has 4 fully saturated rings. The quantitative estimate of drug-likeness (QED) is 0.181. The summed E-state index contributed by atoms with van der Waals surface area (Å²) in [5, 5.41) is 17.0. The molecule has 0 spiro atoms. The minimum Gasteiger partial charge on any atom is -0.382 e. The second-order valence-electron chi connectivity index (χ2n) is 16.8. The van der Waals surface area contributed by atoms with Crippen LogP contribution in [0.1, 0.15) is 113 Å². The number of hydrogen-bond acceptors (Lipinski definition) is 12. The molecule has 1 atom stereocenters. The summed E-state index contributed by atoms with van der Waals surface area (Å²) >= 11 is 0. The lowest BCUT2D eigenvalue weighted by atomic mass is 9.84. The Hall–Kier alpha value is -5.82. The molecule has 0 radical (unpaired) electrons. The minimum atomic E-state index is -2.93. The van der Waals surface area contributed by atoms with E-state index < -0.39 is 47.7 Å². The fourth-order valence-electron chi connectivity index (χ4n) is 9.70. The van der Waals surface area contributed by atoms with Crippen molar-refractivity contribution in [3.8, 4) is 0 Å². The number of nitrogens with zero attached hydrogens (tertiary/aromatic N) is 8. The molecule has 4 aromatic rings. The number of rotatable bonds is 11. The number of ether oxygens (including phenoxy) is 1. The number of fused-ring (bicyclic) bond motifs is 2. The van der Waals surface area contributed by atoms with Crippen LogP contribution in [-0.2, 0) is 14.3 Å². The highest BCUT2D eigenvalue weighted by Crippen LogP contribution is 2.37. The Morgan fingerprint density at radius 1 is 0.967 bits per heavy atom. The van der Waals surface area contributed by atoms with Gasteiger partial charge in [0, 0.05) is 56.2 Å². The number of carbonyl (C=O) groups is 5. The molecule has 61 heavy (non-hydrogen) atoms. The number of aromatic nitrogens is 5. The fraction of sp³-hybridized carbons (Fsp3) is 0.524. The van der Waals surface area contributed by atoms with Gasteiger partial charge < -0.3 is 25.2 Å². The lowest BCUT2D eigenvalue weighted by Crippen LogP contribution is -2.54. The highest BCUT2D eigenvalue weighted by Gasteiger charge is 2.46. The first-order chi connectivity index (χ1) is 29.5. The van der Waals surface area contributed by atoms with Gasteiger partial charge in [0.15, 0.2) is 5.65 Å². The zero-order valence-electron chi connectivity index (χ0n) is 33.9. The van der Waals surface area contributed by atoms with Gasteiger partial charge in [-0.2, -0.15) is 10.2 Å². The van der Waals surface area contributed by atoms with E-state index in [0.717, 1.165) is 62.8 Å². The first-order valence-corrected chi connectivity index (χ1v) is 21.2. The maximum Gasteiger partial charge on any atom is 0.282 e. The Balaban J connectivity index is 0.768. The van der Waals surface area contributed by atoms with Gasteiger partial charge in [0.25, 0.3) is 24.1 Å². The summed E-state index contributed by atoms with van der Waals surface area (Å²) in [4.78, 5) is 74.8. The molecule has 3 aromatic heterocycles.